The number of nitrogens with one attached hydrogen (secondary N) is 1. The van der Waals surface area contributed by atoms with Crippen molar-refractivity contribution in [3.05, 3.63) is 82.2 Å². The number of epoxide rings is 1. The molecule has 2 aliphatic carbocycles. The summed E-state index contributed by atoms with van der Waals surface area (Å²) < 4.78 is 6.13. The topological polar surface area (TPSA) is 61.9 Å². The molecular formula is C32H41NO3. The Morgan fingerprint density at radius 3 is 2.64 bits per heavy atom. The van der Waals surface area contributed by atoms with Gasteiger partial charge in [0, 0.05) is 18.3 Å². The van der Waals surface area contributed by atoms with Crippen LogP contribution in [0.15, 0.2) is 76.6 Å². The lowest BCUT2D eigenvalue weighted by molar-refractivity contribution is -0.119. The van der Waals surface area contributed by atoms with Gasteiger partial charge in [0.05, 0.1) is 5.57 Å². The van der Waals surface area contributed by atoms with E-state index < -0.39 is 11.8 Å². The molecule has 0 aromatic heterocycles. The molecule has 2 heterocycles. The van der Waals surface area contributed by atoms with E-state index in [9.17, 15) is 9.90 Å². The van der Waals surface area contributed by atoms with Gasteiger partial charge in [-0.25, -0.2) is 0 Å². The first-order valence-corrected chi connectivity index (χ1v) is 13.6. The zero-order valence-electron chi connectivity index (χ0n) is 22.6. The summed E-state index contributed by atoms with van der Waals surface area (Å²) >= 11 is 0. The summed E-state index contributed by atoms with van der Waals surface area (Å²) in [7, 11) is 0. The standard InChI is InChI=1S/C32H41NO3/c1-7-19(2)15-21(4)25-22(5)17-31(6)16-20(3)13-14-24(31)26(25)28(34)27-29-32(36-29,33-30(27)35)18-23-11-9-8-10-12-23/h7-12,15,17,20,24-26,29,34H,13-14,16,18H2,1-6H3,(H,33,35)/b19-7+,21-15+,28-27-/t20-,24+,25-,26+,29?,31+,32?/m1/s1. The van der Waals surface area contributed by atoms with E-state index in [-0.39, 0.29) is 34.8 Å². The summed E-state index contributed by atoms with van der Waals surface area (Å²) in [4.78, 5) is 13.3. The molecule has 7 atom stereocenters. The van der Waals surface area contributed by atoms with Gasteiger partial charge in [0.1, 0.15) is 11.9 Å². The van der Waals surface area contributed by atoms with E-state index in [4.69, 9.17) is 4.74 Å². The molecule has 4 heteroatoms. The summed E-state index contributed by atoms with van der Waals surface area (Å²) in [6.07, 6.45) is 10.4. The van der Waals surface area contributed by atoms with Gasteiger partial charge in [0.15, 0.2) is 5.72 Å². The summed E-state index contributed by atoms with van der Waals surface area (Å²) in [6, 6.07) is 10.1. The van der Waals surface area contributed by atoms with Crippen LogP contribution in [0.25, 0.3) is 0 Å². The third-order valence-corrected chi connectivity index (χ3v) is 9.28. The van der Waals surface area contributed by atoms with Gasteiger partial charge in [-0.3, -0.25) is 4.79 Å². The Bertz CT molecular complexity index is 1180. The molecule has 4 nitrogen and oxygen atoms in total. The molecule has 1 aromatic carbocycles. The molecule has 3 fully saturated rings. The van der Waals surface area contributed by atoms with Gasteiger partial charge < -0.3 is 15.2 Å². The van der Waals surface area contributed by atoms with Gasteiger partial charge in [-0.05, 0) is 63.4 Å². The minimum atomic E-state index is -0.729. The second-order valence-corrected chi connectivity index (χ2v) is 12.1. The van der Waals surface area contributed by atoms with Crippen molar-refractivity contribution in [1.82, 2.24) is 5.32 Å². The van der Waals surface area contributed by atoms with Crippen LogP contribution in [0.4, 0.5) is 0 Å². The number of amides is 1. The second-order valence-electron chi connectivity index (χ2n) is 12.1. The van der Waals surface area contributed by atoms with E-state index in [1.54, 1.807) is 0 Å². The van der Waals surface area contributed by atoms with Gasteiger partial charge >= 0.3 is 0 Å². The molecule has 2 unspecified atom stereocenters. The molecule has 192 valence electrons. The lowest BCUT2D eigenvalue weighted by Gasteiger charge is -2.52. The second kappa shape index (κ2) is 9.06. The summed E-state index contributed by atoms with van der Waals surface area (Å²) in [6.45, 7) is 13.3. The van der Waals surface area contributed by atoms with Crippen LogP contribution in [0.5, 0.6) is 0 Å². The highest BCUT2D eigenvalue weighted by Crippen LogP contribution is 2.59. The quantitative estimate of drug-likeness (QED) is 0.158. The molecular weight excluding hydrogens is 446 g/mol. The Balaban J connectivity index is 1.57. The number of carbonyl (C=O) groups is 1. The number of ether oxygens (including phenoxy) is 1. The van der Waals surface area contributed by atoms with E-state index in [1.807, 2.05) is 18.2 Å². The van der Waals surface area contributed by atoms with Gasteiger partial charge in [0.2, 0.25) is 0 Å². The fourth-order valence-electron chi connectivity index (χ4n) is 7.65. The van der Waals surface area contributed by atoms with Gasteiger partial charge in [-0.2, -0.15) is 0 Å². The minimum absolute atomic E-state index is 0.00793. The maximum Gasteiger partial charge on any atom is 0.255 e. The Labute approximate surface area is 216 Å². The van der Waals surface area contributed by atoms with Gasteiger partial charge in [0.25, 0.3) is 5.91 Å². The SMILES string of the molecule is C/C=C(C)/C=C(\C)[C@@H]1C(C)=C[C@]2(C)C[C@H](C)CC[C@H]2[C@@H]1/C(O)=C1/C(=O)NC2(Cc3ccccc3)OC12. The number of aliphatic hydroxyl groups is 1. The number of fused-ring (bicyclic) bond motifs is 2. The molecule has 4 aliphatic rings. The third kappa shape index (κ3) is 4.18. The smallest absolute Gasteiger partial charge is 0.255 e. The Kier molecular flexibility index (Phi) is 6.31. The molecule has 2 saturated heterocycles. The fourth-order valence-corrected chi connectivity index (χ4v) is 7.65. The number of aliphatic hydroxyl groups excluding tert-OH is 1. The number of hydrogen-bond acceptors (Lipinski definition) is 3. The predicted octanol–water partition coefficient (Wildman–Crippen LogP) is 6.81. The van der Waals surface area contributed by atoms with Crippen LogP contribution in [-0.4, -0.2) is 22.8 Å². The van der Waals surface area contributed by atoms with Crippen molar-refractivity contribution in [3.63, 3.8) is 0 Å². The summed E-state index contributed by atoms with van der Waals surface area (Å²) in [5.74, 6) is 0.936. The molecule has 1 aromatic rings. The Hall–Kier alpha value is -2.59. The highest BCUT2D eigenvalue weighted by molar-refractivity contribution is 6.00. The van der Waals surface area contributed by atoms with Crippen LogP contribution < -0.4 is 5.32 Å². The molecule has 2 aliphatic heterocycles. The highest BCUT2D eigenvalue weighted by atomic mass is 16.6. The van der Waals surface area contributed by atoms with E-state index in [2.05, 4.69) is 77.2 Å². The molecule has 0 radical (unpaired) electrons. The fraction of sp³-hybridized carbons (Fsp3) is 0.531. The van der Waals surface area contributed by atoms with E-state index in [1.165, 1.54) is 16.7 Å². The van der Waals surface area contributed by atoms with Crippen molar-refractivity contribution in [1.29, 1.82) is 0 Å². The lowest BCUT2D eigenvalue weighted by atomic mass is 9.52. The first kappa shape index (κ1) is 25.1. The lowest BCUT2D eigenvalue weighted by Crippen LogP contribution is -2.45. The summed E-state index contributed by atoms with van der Waals surface area (Å²) in [5, 5.41) is 15.1. The van der Waals surface area contributed by atoms with Crippen LogP contribution in [0.1, 0.15) is 66.4 Å². The number of hydrogen-bond donors (Lipinski definition) is 2. The monoisotopic (exact) mass is 487 g/mol. The van der Waals surface area contributed by atoms with Crippen molar-refractivity contribution < 1.29 is 14.6 Å². The summed E-state index contributed by atoms with van der Waals surface area (Å²) in [5.41, 5.74) is 4.59. The molecule has 0 spiro atoms. The van der Waals surface area contributed by atoms with E-state index in [0.717, 1.165) is 24.8 Å². The van der Waals surface area contributed by atoms with Crippen molar-refractivity contribution >= 4 is 5.91 Å². The van der Waals surface area contributed by atoms with Crippen LogP contribution in [0.2, 0.25) is 0 Å². The van der Waals surface area contributed by atoms with Crippen molar-refractivity contribution in [3.8, 4) is 0 Å². The van der Waals surface area contributed by atoms with Crippen molar-refractivity contribution in [2.45, 2.75) is 79.1 Å². The molecule has 5 rings (SSSR count). The van der Waals surface area contributed by atoms with Gasteiger partial charge in [-0.15, -0.1) is 0 Å². The molecule has 1 saturated carbocycles. The number of carbonyl (C=O) groups excluding carboxylic acids is 1. The number of rotatable bonds is 5. The molecule has 0 bridgehead atoms. The maximum absolute atomic E-state index is 13.3. The van der Waals surface area contributed by atoms with Crippen LogP contribution in [0, 0.1) is 29.1 Å². The zero-order valence-corrected chi connectivity index (χ0v) is 22.6. The zero-order chi connectivity index (χ0) is 25.8. The third-order valence-electron chi connectivity index (χ3n) is 9.28. The van der Waals surface area contributed by atoms with Crippen LogP contribution >= 0.6 is 0 Å². The van der Waals surface area contributed by atoms with Crippen molar-refractivity contribution in [2.75, 3.05) is 0 Å². The molecule has 36 heavy (non-hydrogen) atoms. The number of allylic oxidation sites excluding steroid dienone is 7. The Morgan fingerprint density at radius 2 is 1.94 bits per heavy atom. The maximum atomic E-state index is 13.3. The normalized spacial score (nSPS) is 39.7. The predicted molar refractivity (Wildman–Crippen MR) is 144 cm³/mol. The average Bonchev–Trinajstić information content (AvgIpc) is 3.41. The first-order valence-electron chi connectivity index (χ1n) is 13.6. The van der Waals surface area contributed by atoms with E-state index >= 15 is 0 Å². The van der Waals surface area contributed by atoms with Crippen molar-refractivity contribution in [2.24, 2.45) is 29.1 Å². The first-order chi connectivity index (χ1) is 17.1. The van der Waals surface area contributed by atoms with E-state index in [0.29, 0.717) is 17.9 Å². The average molecular weight is 488 g/mol. The highest BCUT2D eigenvalue weighted by Gasteiger charge is 2.67. The van der Waals surface area contributed by atoms with Crippen LogP contribution in [0.3, 0.4) is 0 Å². The Morgan fingerprint density at radius 1 is 1.22 bits per heavy atom. The molecule has 2 N–H and O–H groups in total. The minimum Gasteiger partial charge on any atom is -0.511 e. The van der Waals surface area contributed by atoms with Crippen LogP contribution in [-0.2, 0) is 16.0 Å². The molecule has 1 amide bonds. The van der Waals surface area contributed by atoms with Gasteiger partial charge in [-0.1, -0.05) is 85.5 Å². The largest absolute Gasteiger partial charge is 0.511 e. The number of benzene rings is 1.